The molecule has 0 bridgehead atoms. The summed E-state index contributed by atoms with van der Waals surface area (Å²) in [5, 5.41) is 11.9. The summed E-state index contributed by atoms with van der Waals surface area (Å²) >= 11 is 0. The van der Waals surface area contributed by atoms with Crippen molar-refractivity contribution in [2.75, 3.05) is 17.7 Å². The molecule has 2 aromatic carbocycles. The summed E-state index contributed by atoms with van der Waals surface area (Å²) in [6.07, 6.45) is 0.424. The number of hydrogen-bond donors (Lipinski definition) is 2. The highest BCUT2D eigenvalue weighted by Crippen LogP contribution is 2.25. The first-order valence-corrected chi connectivity index (χ1v) is 6.47. The average Bonchev–Trinajstić information content (AvgIpc) is 2.41. The molecule has 0 aliphatic carbocycles. The summed E-state index contributed by atoms with van der Waals surface area (Å²) in [7, 11) is 0. The third kappa shape index (κ3) is 3.66. The minimum atomic E-state index is 0.424. The van der Waals surface area contributed by atoms with Crippen LogP contribution < -0.4 is 15.8 Å². The molecular weight excluding hydrogens is 250 g/mol. The lowest BCUT2D eigenvalue weighted by atomic mass is 10.1. The highest BCUT2D eigenvalue weighted by Gasteiger charge is 2.01. The zero-order chi connectivity index (χ0) is 14.4. The SMILES string of the molecule is CCOc1cc(N)cc(Nc2ccc(CC#N)cc2)c1. The van der Waals surface area contributed by atoms with Crippen molar-refractivity contribution in [1.82, 2.24) is 0 Å². The average molecular weight is 267 g/mol. The summed E-state index contributed by atoms with van der Waals surface area (Å²) in [6.45, 7) is 2.54. The number of rotatable bonds is 5. The smallest absolute Gasteiger partial charge is 0.123 e. The zero-order valence-electron chi connectivity index (χ0n) is 11.4. The van der Waals surface area contributed by atoms with Gasteiger partial charge in [-0.1, -0.05) is 12.1 Å². The van der Waals surface area contributed by atoms with Gasteiger partial charge in [-0.05, 0) is 30.7 Å². The first-order chi connectivity index (χ1) is 9.71. The molecule has 4 heteroatoms. The van der Waals surface area contributed by atoms with E-state index < -0.39 is 0 Å². The van der Waals surface area contributed by atoms with Crippen molar-refractivity contribution in [2.24, 2.45) is 0 Å². The Labute approximate surface area is 118 Å². The molecule has 0 heterocycles. The Morgan fingerprint density at radius 2 is 1.90 bits per heavy atom. The van der Waals surface area contributed by atoms with Gasteiger partial charge in [0, 0.05) is 29.2 Å². The van der Waals surface area contributed by atoms with E-state index >= 15 is 0 Å². The minimum Gasteiger partial charge on any atom is -0.494 e. The van der Waals surface area contributed by atoms with E-state index in [1.165, 1.54) is 0 Å². The molecule has 0 saturated heterocycles. The molecule has 0 aliphatic rings. The normalized spacial score (nSPS) is 9.80. The summed E-state index contributed by atoms with van der Waals surface area (Å²) in [5.74, 6) is 0.746. The number of nitrogens with two attached hydrogens (primary N) is 1. The van der Waals surface area contributed by atoms with Crippen molar-refractivity contribution >= 4 is 17.1 Å². The first kappa shape index (κ1) is 13.8. The van der Waals surface area contributed by atoms with Crippen molar-refractivity contribution in [1.29, 1.82) is 5.26 Å². The Morgan fingerprint density at radius 1 is 1.15 bits per heavy atom. The van der Waals surface area contributed by atoms with Gasteiger partial charge in [-0.2, -0.15) is 5.26 Å². The van der Waals surface area contributed by atoms with Crippen LogP contribution in [-0.2, 0) is 6.42 Å². The Kier molecular flexibility index (Phi) is 4.46. The lowest BCUT2D eigenvalue weighted by Crippen LogP contribution is -1.97. The molecule has 20 heavy (non-hydrogen) atoms. The molecular formula is C16H17N3O. The van der Waals surface area contributed by atoms with E-state index in [1.54, 1.807) is 6.07 Å². The molecule has 0 saturated carbocycles. The predicted octanol–water partition coefficient (Wildman–Crippen LogP) is 3.48. The molecule has 0 aliphatic heterocycles. The van der Waals surface area contributed by atoms with Crippen LogP contribution in [0.1, 0.15) is 12.5 Å². The van der Waals surface area contributed by atoms with Crippen LogP contribution >= 0.6 is 0 Å². The fraction of sp³-hybridized carbons (Fsp3) is 0.188. The minimum absolute atomic E-state index is 0.424. The quantitative estimate of drug-likeness (QED) is 0.814. The molecule has 2 aromatic rings. The Hall–Kier alpha value is -2.67. The monoisotopic (exact) mass is 267 g/mol. The topological polar surface area (TPSA) is 71.1 Å². The van der Waals surface area contributed by atoms with Crippen molar-refractivity contribution in [3.8, 4) is 11.8 Å². The zero-order valence-corrected chi connectivity index (χ0v) is 11.4. The molecule has 0 fully saturated rings. The van der Waals surface area contributed by atoms with Gasteiger partial charge in [0.2, 0.25) is 0 Å². The van der Waals surface area contributed by atoms with Crippen LogP contribution in [0.15, 0.2) is 42.5 Å². The maximum atomic E-state index is 8.64. The Balaban J connectivity index is 2.14. The van der Waals surface area contributed by atoms with Gasteiger partial charge in [-0.15, -0.1) is 0 Å². The molecule has 0 amide bonds. The van der Waals surface area contributed by atoms with Crippen molar-refractivity contribution in [3.63, 3.8) is 0 Å². The van der Waals surface area contributed by atoms with Crippen LogP contribution in [-0.4, -0.2) is 6.61 Å². The van der Waals surface area contributed by atoms with E-state index in [4.69, 9.17) is 15.7 Å². The molecule has 0 aromatic heterocycles. The number of anilines is 3. The second-order valence-corrected chi connectivity index (χ2v) is 4.38. The van der Waals surface area contributed by atoms with Crippen LogP contribution in [0.2, 0.25) is 0 Å². The van der Waals surface area contributed by atoms with E-state index in [0.29, 0.717) is 18.7 Å². The van der Waals surface area contributed by atoms with Crippen molar-refractivity contribution in [3.05, 3.63) is 48.0 Å². The fourth-order valence-electron chi connectivity index (χ4n) is 1.91. The molecule has 2 rings (SSSR count). The number of benzene rings is 2. The second-order valence-electron chi connectivity index (χ2n) is 4.38. The highest BCUT2D eigenvalue weighted by atomic mass is 16.5. The summed E-state index contributed by atoms with van der Waals surface area (Å²) in [5.41, 5.74) is 9.32. The predicted molar refractivity (Wildman–Crippen MR) is 81.1 cm³/mol. The largest absolute Gasteiger partial charge is 0.494 e. The van der Waals surface area contributed by atoms with E-state index in [2.05, 4.69) is 11.4 Å². The second kappa shape index (κ2) is 6.48. The third-order valence-electron chi connectivity index (χ3n) is 2.77. The van der Waals surface area contributed by atoms with Gasteiger partial charge in [0.25, 0.3) is 0 Å². The van der Waals surface area contributed by atoms with Crippen LogP contribution in [0.3, 0.4) is 0 Å². The van der Waals surface area contributed by atoms with Crippen LogP contribution in [0.5, 0.6) is 5.75 Å². The van der Waals surface area contributed by atoms with Crippen LogP contribution in [0, 0.1) is 11.3 Å². The van der Waals surface area contributed by atoms with Gasteiger partial charge in [-0.3, -0.25) is 0 Å². The summed E-state index contributed by atoms with van der Waals surface area (Å²) in [6, 6.07) is 15.4. The maximum Gasteiger partial charge on any atom is 0.123 e. The first-order valence-electron chi connectivity index (χ1n) is 6.47. The van der Waals surface area contributed by atoms with Gasteiger partial charge in [0.1, 0.15) is 5.75 Å². The van der Waals surface area contributed by atoms with E-state index in [9.17, 15) is 0 Å². The van der Waals surface area contributed by atoms with E-state index in [-0.39, 0.29) is 0 Å². The fourth-order valence-corrected chi connectivity index (χ4v) is 1.91. The highest BCUT2D eigenvalue weighted by molar-refractivity contribution is 5.66. The van der Waals surface area contributed by atoms with Crippen molar-refractivity contribution in [2.45, 2.75) is 13.3 Å². The van der Waals surface area contributed by atoms with Gasteiger partial charge in [-0.25, -0.2) is 0 Å². The Bertz CT molecular complexity index is 615. The lowest BCUT2D eigenvalue weighted by Gasteiger charge is -2.10. The van der Waals surface area contributed by atoms with Crippen LogP contribution in [0.25, 0.3) is 0 Å². The number of ether oxygens (including phenoxy) is 1. The molecule has 0 spiro atoms. The maximum absolute atomic E-state index is 8.64. The number of hydrogen-bond acceptors (Lipinski definition) is 4. The molecule has 4 nitrogen and oxygen atoms in total. The molecule has 0 radical (unpaired) electrons. The molecule has 0 atom stereocenters. The van der Waals surface area contributed by atoms with E-state index in [0.717, 1.165) is 22.7 Å². The van der Waals surface area contributed by atoms with Gasteiger partial charge in [0.15, 0.2) is 0 Å². The third-order valence-corrected chi connectivity index (χ3v) is 2.77. The lowest BCUT2D eigenvalue weighted by molar-refractivity contribution is 0.340. The molecule has 0 unspecified atom stereocenters. The molecule has 3 N–H and O–H groups in total. The number of nitrogens with zero attached hydrogens (tertiary/aromatic N) is 1. The van der Waals surface area contributed by atoms with Gasteiger partial charge >= 0.3 is 0 Å². The number of nitriles is 1. The van der Waals surface area contributed by atoms with Crippen LogP contribution in [0.4, 0.5) is 17.1 Å². The number of nitrogens with one attached hydrogen (secondary N) is 1. The standard InChI is InChI=1S/C16H17N3O/c1-2-20-16-10-13(18)9-15(11-16)19-14-5-3-12(4-6-14)7-8-17/h3-6,9-11,19H,2,7,18H2,1H3. The summed E-state index contributed by atoms with van der Waals surface area (Å²) in [4.78, 5) is 0. The molecule has 102 valence electrons. The van der Waals surface area contributed by atoms with Gasteiger partial charge < -0.3 is 15.8 Å². The van der Waals surface area contributed by atoms with Crippen molar-refractivity contribution < 1.29 is 4.74 Å². The number of nitrogen functional groups attached to an aromatic ring is 1. The van der Waals surface area contributed by atoms with E-state index in [1.807, 2.05) is 43.3 Å². The van der Waals surface area contributed by atoms with Gasteiger partial charge in [0.05, 0.1) is 19.1 Å². The Morgan fingerprint density at radius 3 is 2.55 bits per heavy atom. The summed E-state index contributed by atoms with van der Waals surface area (Å²) < 4.78 is 5.46.